The van der Waals surface area contributed by atoms with E-state index in [1.54, 1.807) is 6.26 Å². The van der Waals surface area contributed by atoms with Crippen molar-refractivity contribution >= 4 is 33.3 Å². The summed E-state index contributed by atoms with van der Waals surface area (Å²) in [6.07, 6.45) is 3.60. The van der Waals surface area contributed by atoms with Crippen LogP contribution in [0.4, 0.5) is 5.82 Å². The number of carbonyl (C=O) groups is 1. The van der Waals surface area contributed by atoms with Crippen LogP contribution in [0.15, 0.2) is 16.7 Å². The first-order valence-corrected chi connectivity index (χ1v) is 9.74. The minimum absolute atomic E-state index is 0.335. The molecule has 3 aromatic rings. The van der Waals surface area contributed by atoms with Crippen LogP contribution in [0.5, 0.6) is 0 Å². The number of carboxylic acid groups (broad SMARTS) is 1. The fourth-order valence-electron chi connectivity index (χ4n) is 3.57. The number of thiophene rings is 1. The Balaban J connectivity index is 1.87. The molecule has 0 saturated carbocycles. The number of rotatable bonds is 4. The molecule has 0 unspecified atom stereocenters. The molecule has 1 aliphatic heterocycles. The third-order valence-corrected chi connectivity index (χ3v) is 5.97. The minimum Gasteiger partial charge on any atom is -0.477 e. The molecule has 4 rings (SSSR count). The Morgan fingerprint density at radius 2 is 2.22 bits per heavy atom. The van der Waals surface area contributed by atoms with E-state index in [4.69, 9.17) is 9.40 Å². The van der Waals surface area contributed by atoms with Gasteiger partial charge in [-0.2, -0.15) is 0 Å². The van der Waals surface area contributed by atoms with Crippen LogP contribution in [-0.4, -0.2) is 46.6 Å². The summed E-state index contributed by atoms with van der Waals surface area (Å²) < 4.78 is 5.60. The summed E-state index contributed by atoms with van der Waals surface area (Å²) in [5, 5.41) is 10.4. The second-order valence-corrected chi connectivity index (χ2v) is 8.14. The number of aryl methyl sites for hydroxylation is 2. The number of fused-ring (bicyclic) bond motifs is 2. The standard InChI is InChI=1S/C19H22N4O3S/c1-11-15-17(23-7-4-5-13-12(9-23)6-8-26-13)20-14(10-22(2)3)21-18(15)27-16(11)19(24)25/h6,8H,4-5,7,9-10H2,1-3H3,(H,24,25). The zero-order chi connectivity index (χ0) is 19.1. The van der Waals surface area contributed by atoms with Gasteiger partial charge >= 0.3 is 5.97 Å². The molecule has 27 heavy (non-hydrogen) atoms. The fourth-order valence-corrected chi connectivity index (χ4v) is 4.60. The lowest BCUT2D eigenvalue weighted by Crippen LogP contribution is -2.25. The highest BCUT2D eigenvalue weighted by Gasteiger charge is 2.25. The fraction of sp³-hybridized carbons (Fsp3) is 0.421. The predicted octanol–water partition coefficient (Wildman–Crippen LogP) is 3.31. The van der Waals surface area contributed by atoms with Gasteiger partial charge in [0.2, 0.25) is 0 Å². The molecule has 8 heteroatoms. The van der Waals surface area contributed by atoms with Gasteiger partial charge in [-0.1, -0.05) is 0 Å². The van der Waals surface area contributed by atoms with E-state index in [9.17, 15) is 9.90 Å². The van der Waals surface area contributed by atoms with E-state index in [1.807, 2.05) is 32.0 Å². The Morgan fingerprint density at radius 3 is 2.96 bits per heavy atom. The van der Waals surface area contributed by atoms with Crippen LogP contribution in [0.2, 0.25) is 0 Å². The monoisotopic (exact) mass is 386 g/mol. The van der Waals surface area contributed by atoms with E-state index in [0.717, 1.165) is 46.7 Å². The summed E-state index contributed by atoms with van der Waals surface area (Å²) in [4.78, 5) is 26.5. The lowest BCUT2D eigenvalue weighted by molar-refractivity contribution is 0.0701. The first-order valence-electron chi connectivity index (χ1n) is 8.92. The predicted molar refractivity (Wildman–Crippen MR) is 105 cm³/mol. The third-order valence-electron chi connectivity index (χ3n) is 4.80. The van der Waals surface area contributed by atoms with Crippen LogP contribution < -0.4 is 4.90 Å². The van der Waals surface area contributed by atoms with Gasteiger partial charge in [-0.25, -0.2) is 14.8 Å². The van der Waals surface area contributed by atoms with Gasteiger partial charge in [0.1, 0.15) is 27.1 Å². The smallest absolute Gasteiger partial charge is 0.346 e. The molecule has 0 amide bonds. The molecule has 4 heterocycles. The molecule has 0 saturated heterocycles. The van der Waals surface area contributed by atoms with Crippen LogP contribution in [0.3, 0.4) is 0 Å². The van der Waals surface area contributed by atoms with Gasteiger partial charge in [0.25, 0.3) is 0 Å². The van der Waals surface area contributed by atoms with Gasteiger partial charge in [-0.3, -0.25) is 0 Å². The third kappa shape index (κ3) is 3.30. The van der Waals surface area contributed by atoms with E-state index in [2.05, 4.69) is 9.88 Å². The summed E-state index contributed by atoms with van der Waals surface area (Å²) in [6.45, 7) is 4.00. The van der Waals surface area contributed by atoms with Crippen LogP contribution >= 0.6 is 11.3 Å². The van der Waals surface area contributed by atoms with Gasteiger partial charge in [0.05, 0.1) is 18.2 Å². The van der Waals surface area contributed by atoms with E-state index < -0.39 is 5.97 Å². The Hall–Kier alpha value is -2.45. The van der Waals surface area contributed by atoms with E-state index in [1.165, 1.54) is 16.9 Å². The SMILES string of the molecule is Cc1c(C(=O)O)sc2nc(CN(C)C)nc(N3CCCc4occc4C3)c12. The Labute approximate surface area is 161 Å². The molecular weight excluding hydrogens is 364 g/mol. The average molecular weight is 386 g/mol. The Morgan fingerprint density at radius 1 is 1.41 bits per heavy atom. The first-order chi connectivity index (χ1) is 12.9. The highest BCUT2D eigenvalue weighted by atomic mass is 32.1. The summed E-state index contributed by atoms with van der Waals surface area (Å²) in [5.74, 6) is 1.65. The summed E-state index contributed by atoms with van der Waals surface area (Å²) in [7, 11) is 3.94. The Kier molecular flexibility index (Phi) is 4.61. The Bertz CT molecular complexity index is 1010. The largest absolute Gasteiger partial charge is 0.477 e. The molecule has 1 aliphatic rings. The lowest BCUT2D eigenvalue weighted by atomic mass is 10.2. The van der Waals surface area contributed by atoms with Crippen molar-refractivity contribution in [2.75, 3.05) is 25.5 Å². The van der Waals surface area contributed by atoms with Crippen molar-refractivity contribution < 1.29 is 14.3 Å². The van der Waals surface area contributed by atoms with Gasteiger partial charge in [0.15, 0.2) is 0 Å². The molecule has 7 nitrogen and oxygen atoms in total. The highest BCUT2D eigenvalue weighted by molar-refractivity contribution is 7.20. The van der Waals surface area contributed by atoms with Crippen LogP contribution in [0, 0.1) is 6.92 Å². The number of hydrogen-bond donors (Lipinski definition) is 1. The van der Waals surface area contributed by atoms with Gasteiger partial charge < -0.3 is 19.3 Å². The first kappa shape index (κ1) is 17.9. The number of aromatic nitrogens is 2. The number of furan rings is 1. The van der Waals surface area contributed by atoms with Crippen molar-refractivity contribution in [1.82, 2.24) is 14.9 Å². The molecule has 3 aromatic heterocycles. The highest BCUT2D eigenvalue weighted by Crippen LogP contribution is 2.37. The quantitative estimate of drug-likeness (QED) is 0.736. The van der Waals surface area contributed by atoms with E-state index >= 15 is 0 Å². The summed E-state index contributed by atoms with van der Waals surface area (Å²) in [5.41, 5.74) is 1.91. The number of hydrogen-bond acceptors (Lipinski definition) is 7. The minimum atomic E-state index is -0.913. The van der Waals surface area contributed by atoms with Gasteiger partial charge in [0, 0.05) is 25.1 Å². The van der Waals surface area contributed by atoms with Crippen LogP contribution in [0.1, 0.15) is 38.8 Å². The average Bonchev–Trinajstić information content (AvgIpc) is 3.11. The van der Waals surface area contributed by atoms with Crippen molar-refractivity contribution in [1.29, 1.82) is 0 Å². The van der Waals surface area contributed by atoms with E-state index in [-0.39, 0.29) is 0 Å². The molecule has 0 radical (unpaired) electrons. The number of aromatic carboxylic acids is 1. The molecule has 0 aliphatic carbocycles. The van der Waals surface area contributed by atoms with Gasteiger partial charge in [-0.05, 0) is 39.1 Å². The topological polar surface area (TPSA) is 82.7 Å². The number of carboxylic acids is 1. The maximum absolute atomic E-state index is 11.7. The number of nitrogens with zero attached hydrogens (tertiary/aromatic N) is 4. The molecule has 0 spiro atoms. The van der Waals surface area contributed by atoms with Crippen LogP contribution in [0.25, 0.3) is 10.2 Å². The van der Waals surface area contributed by atoms with Crippen LogP contribution in [-0.2, 0) is 19.5 Å². The number of anilines is 1. The zero-order valence-corrected chi connectivity index (χ0v) is 16.5. The molecule has 0 aromatic carbocycles. The lowest BCUT2D eigenvalue weighted by Gasteiger charge is -2.23. The summed E-state index contributed by atoms with van der Waals surface area (Å²) in [6, 6.07) is 2.01. The van der Waals surface area contributed by atoms with Crippen molar-refractivity contribution in [2.45, 2.75) is 32.9 Å². The molecular formula is C19H22N4O3S. The molecule has 0 bridgehead atoms. The van der Waals surface area contributed by atoms with Crippen molar-refractivity contribution in [3.8, 4) is 0 Å². The molecule has 0 fully saturated rings. The van der Waals surface area contributed by atoms with Crippen molar-refractivity contribution in [3.63, 3.8) is 0 Å². The molecule has 142 valence electrons. The normalized spacial score (nSPS) is 14.6. The summed E-state index contributed by atoms with van der Waals surface area (Å²) >= 11 is 1.23. The second-order valence-electron chi connectivity index (χ2n) is 7.14. The zero-order valence-electron chi connectivity index (χ0n) is 15.7. The van der Waals surface area contributed by atoms with Crippen molar-refractivity contribution in [3.05, 3.63) is 39.9 Å². The second kappa shape index (κ2) is 6.94. The van der Waals surface area contributed by atoms with Crippen molar-refractivity contribution in [2.24, 2.45) is 0 Å². The maximum atomic E-state index is 11.7. The van der Waals surface area contributed by atoms with Gasteiger partial charge in [-0.15, -0.1) is 11.3 Å². The maximum Gasteiger partial charge on any atom is 0.346 e. The molecule has 0 atom stereocenters. The van der Waals surface area contributed by atoms with E-state index in [0.29, 0.717) is 23.8 Å². The molecule has 1 N–H and O–H groups in total.